The Balaban J connectivity index is 1.59. The van der Waals surface area contributed by atoms with Gasteiger partial charge in [-0.1, -0.05) is 6.07 Å². The van der Waals surface area contributed by atoms with E-state index in [1.54, 1.807) is 16.0 Å². The van der Waals surface area contributed by atoms with E-state index in [0.29, 0.717) is 5.56 Å². The first-order chi connectivity index (χ1) is 12.3. The van der Waals surface area contributed by atoms with Gasteiger partial charge in [0, 0.05) is 22.0 Å². The van der Waals surface area contributed by atoms with Crippen LogP contribution in [0.1, 0.15) is 27.2 Å². The molecule has 0 saturated carbocycles. The van der Waals surface area contributed by atoms with E-state index in [4.69, 9.17) is 0 Å². The number of aromatic nitrogens is 5. The monoisotopic (exact) mass is 350 g/mol. The Labute approximate surface area is 146 Å². The van der Waals surface area contributed by atoms with E-state index in [0.717, 1.165) is 46.4 Å². The lowest BCUT2D eigenvalue weighted by atomic mass is 10.1. The smallest absolute Gasteiger partial charge is 0.259 e. The lowest BCUT2D eigenvalue weighted by Crippen LogP contribution is -2.15. The van der Waals surface area contributed by atoms with Crippen LogP contribution in [0.3, 0.4) is 0 Å². The maximum atomic E-state index is 13.1. The molecule has 4 aromatic rings. The Bertz CT molecular complexity index is 1080. The number of carbonyl (C=O) groups is 1. The standard InChI is InChI=1S/C17H14N6OS/c24-16(20-13-5-2-4-12-10(13)7-8-18-12)15-11-3-1-6-14(11)25-17(15)23-9-19-21-22-23/h2,4-5,7-9,18H,1,3,6H2,(H,20,24). The Kier molecular flexibility index (Phi) is 3.17. The fourth-order valence-electron chi connectivity index (χ4n) is 3.42. The number of aryl methyl sites for hydroxylation is 1. The lowest BCUT2D eigenvalue weighted by molar-refractivity contribution is 0.102. The summed E-state index contributed by atoms with van der Waals surface area (Å²) in [6.07, 6.45) is 6.42. The average molecular weight is 350 g/mol. The van der Waals surface area contributed by atoms with Crippen molar-refractivity contribution in [2.45, 2.75) is 19.3 Å². The number of anilines is 1. The number of benzene rings is 1. The zero-order valence-corrected chi connectivity index (χ0v) is 14.0. The maximum absolute atomic E-state index is 13.1. The van der Waals surface area contributed by atoms with Crippen LogP contribution in [0, 0.1) is 0 Å². The molecule has 0 unspecified atom stereocenters. The number of fused-ring (bicyclic) bond motifs is 2. The Hall–Kier alpha value is -3.00. The van der Waals surface area contributed by atoms with Gasteiger partial charge in [0.2, 0.25) is 0 Å². The molecule has 5 rings (SSSR count). The second-order valence-corrected chi connectivity index (χ2v) is 7.07. The quantitative estimate of drug-likeness (QED) is 0.594. The number of H-pyrrole nitrogens is 1. The van der Waals surface area contributed by atoms with Crippen LogP contribution in [-0.4, -0.2) is 31.1 Å². The van der Waals surface area contributed by atoms with E-state index in [1.165, 1.54) is 11.2 Å². The molecule has 1 aliphatic carbocycles. The minimum Gasteiger partial charge on any atom is -0.361 e. The molecule has 3 aromatic heterocycles. The summed E-state index contributed by atoms with van der Waals surface area (Å²) < 4.78 is 1.58. The summed E-state index contributed by atoms with van der Waals surface area (Å²) in [5.41, 5.74) is 3.62. The SMILES string of the molecule is O=C(Nc1cccc2[nH]ccc12)c1c(-n2cnnn2)sc2c1CCC2. The summed E-state index contributed by atoms with van der Waals surface area (Å²) >= 11 is 1.60. The van der Waals surface area contributed by atoms with Crippen molar-refractivity contribution in [2.75, 3.05) is 5.32 Å². The van der Waals surface area contributed by atoms with Gasteiger partial charge in [-0.15, -0.1) is 16.4 Å². The van der Waals surface area contributed by atoms with Crippen LogP contribution >= 0.6 is 11.3 Å². The highest BCUT2D eigenvalue weighted by Crippen LogP contribution is 2.38. The molecule has 0 radical (unpaired) electrons. The third-order valence-electron chi connectivity index (χ3n) is 4.53. The van der Waals surface area contributed by atoms with Gasteiger partial charge >= 0.3 is 0 Å². The molecule has 7 nitrogen and oxygen atoms in total. The highest BCUT2D eigenvalue weighted by atomic mass is 32.1. The van der Waals surface area contributed by atoms with Crippen molar-refractivity contribution in [1.29, 1.82) is 0 Å². The number of nitrogens with one attached hydrogen (secondary N) is 2. The van der Waals surface area contributed by atoms with Gasteiger partial charge in [-0.25, -0.2) is 0 Å². The molecule has 3 heterocycles. The Morgan fingerprint density at radius 2 is 2.24 bits per heavy atom. The lowest BCUT2D eigenvalue weighted by Gasteiger charge is -2.09. The number of hydrogen-bond donors (Lipinski definition) is 2. The average Bonchev–Trinajstić information content (AvgIpc) is 3.36. The summed E-state index contributed by atoms with van der Waals surface area (Å²) in [5, 5.41) is 16.2. The molecule has 0 atom stereocenters. The highest BCUT2D eigenvalue weighted by Gasteiger charge is 2.28. The number of rotatable bonds is 3. The molecule has 25 heavy (non-hydrogen) atoms. The van der Waals surface area contributed by atoms with Crippen LogP contribution < -0.4 is 5.32 Å². The minimum absolute atomic E-state index is 0.112. The molecule has 2 N–H and O–H groups in total. The molecular weight excluding hydrogens is 336 g/mol. The van der Waals surface area contributed by atoms with Crippen LogP contribution in [-0.2, 0) is 12.8 Å². The van der Waals surface area contributed by atoms with Gasteiger partial charge in [0.25, 0.3) is 5.91 Å². The van der Waals surface area contributed by atoms with Crippen molar-refractivity contribution >= 4 is 33.8 Å². The number of nitrogens with zero attached hydrogens (tertiary/aromatic N) is 4. The van der Waals surface area contributed by atoms with Gasteiger partial charge < -0.3 is 10.3 Å². The van der Waals surface area contributed by atoms with E-state index in [9.17, 15) is 4.79 Å². The number of thiophene rings is 1. The van der Waals surface area contributed by atoms with Crippen LogP contribution in [0.25, 0.3) is 15.9 Å². The number of tetrazole rings is 1. The van der Waals surface area contributed by atoms with Gasteiger partial charge in [0.1, 0.15) is 11.3 Å². The van der Waals surface area contributed by atoms with Crippen molar-refractivity contribution in [3.05, 3.63) is 52.8 Å². The van der Waals surface area contributed by atoms with Gasteiger partial charge in [0.15, 0.2) is 0 Å². The van der Waals surface area contributed by atoms with Gasteiger partial charge in [0.05, 0.1) is 11.3 Å². The molecule has 1 amide bonds. The van der Waals surface area contributed by atoms with Crippen molar-refractivity contribution in [1.82, 2.24) is 25.2 Å². The third-order valence-corrected chi connectivity index (χ3v) is 5.81. The predicted molar refractivity (Wildman–Crippen MR) is 95.3 cm³/mol. The van der Waals surface area contributed by atoms with Crippen LogP contribution in [0.15, 0.2) is 36.8 Å². The molecule has 0 fully saturated rings. The predicted octanol–water partition coefficient (Wildman–Crippen LogP) is 2.95. The van der Waals surface area contributed by atoms with E-state index >= 15 is 0 Å². The molecule has 0 saturated heterocycles. The second kappa shape index (κ2) is 5.52. The van der Waals surface area contributed by atoms with Crippen molar-refractivity contribution in [3.63, 3.8) is 0 Å². The minimum atomic E-state index is -0.112. The summed E-state index contributed by atoms with van der Waals surface area (Å²) in [7, 11) is 0. The third kappa shape index (κ3) is 2.25. The second-order valence-electron chi connectivity index (χ2n) is 5.99. The molecule has 0 spiro atoms. The topological polar surface area (TPSA) is 88.5 Å². The van der Waals surface area contributed by atoms with Crippen molar-refractivity contribution in [2.24, 2.45) is 0 Å². The number of aromatic amines is 1. The molecule has 1 aromatic carbocycles. The van der Waals surface area contributed by atoms with Crippen molar-refractivity contribution < 1.29 is 4.79 Å². The summed E-state index contributed by atoms with van der Waals surface area (Å²) in [6.45, 7) is 0. The number of amides is 1. The van der Waals surface area contributed by atoms with E-state index in [1.807, 2.05) is 30.5 Å². The number of hydrogen-bond acceptors (Lipinski definition) is 5. The van der Waals surface area contributed by atoms with Crippen LogP contribution in [0.5, 0.6) is 0 Å². The zero-order valence-electron chi connectivity index (χ0n) is 13.2. The number of carbonyl (C=O) groups excluding carboxylic acids is 1. The maximum Gasteiger partial charge on any atom is 0.259 e. The zero-order chi connectivity index (χ0) is 16.8. The molecule has 1 aliphatic rings. The normalized spacial score (nSPS) is 13.3. The van der Waals surface area contributed by atoms with E-state index in [-0.39, 0.29) is 5.91 Å². The van der Waals surface area contributed by atoms with E-state index in [2.05, 4.69) is 25.8 Å². The van der Waals surface area contributed by atoms with Gasteiger partial charge in [-0.05, 0) is 53.5 Å². The highest BCUT2D eigenvalue weighted by molar-refractivity contribution is 7.15. The molecule has 124 valence electrons. The van der Waals surface area contributed by atoms with Gasteiger partial charge in [-0.3, -0.25) is 4.79 Å². The molecule has 0 bridgehead atoms. The van der Waals surface area contributed by atoms with Crippen molar-refractivity contribution in [3.8, 4) is 5.00 Å². The summed E-state index contributed by atoms with van der Waals surface area (Å²) in [4.78, 5) is 17.5. The van der Waals surface area contributed by atoms with Crippen LogP contribution in [0.4, 0.5) is 5.69 Å². The molecular formula is C17H14N6OS. The molecule has 8 heteroatoms. The summed E-state index contributed by atoms with van der Waals surface area (Å²) in [5.74, 6) is -0.112. The first-order valence-corrected chi connectivity index (χ1v) is 8.88. The largest absolute Gasteiger partial charge is 0.361 e. The molecule has 0 aliphatic heterocycles. The first-order valence-electron chi connectivity index (χ1n) is 8.06. The fourth-order valence-corrected chi connectivity index (χ4v) is 4.72. The van der Waals surface area contributed by atoms with Crippen LogP contribution in [0.2, 0.25) is 0 Å². The fraction of sp³-hybridized carbons (Fsp3) is 0.176. The Morgan fingerprint density at radius 3 is 3.12 bits per heavy atom. The Morgan fingerprint density at radius 1 is 1.28 bits per heavy atom. The van der Waals surface area contributed by atoms with E-state index < -0.39 is 0 Å². The first kappa shape index (κ1) is 14.4. The summed E-state index contributed by atoms with van der Waals surface area (Å²) in [6, 6.07) is 7.79. The van der Waals surface area contributed by atoms with Gasteiger partial charge in [-0.2, -0.15) is 4.68 Å².